The van der Waals surface area contributed by atoms with Crippen molar-refractivity contribution in [2.75, 3.05) is 17.6 Å². The molecule has 1 N–H and O–H groups in total. The van der Waals surface area contributed by atoms with Gasteiger partial charge in [0.05, 0.1) is 5.75 Å². The Morgan fingerprint density at radius 3 is 2.64 bits per heavy atom. The largest absolute Gasteiger partial charge is 0.339 e. The van der Waals surface area contributed by atoms with Crippen LogP contribution in [0.4, 0.5) is 5.69 Å². The highest BCUT2D eigenvalue weighted by Crippen LogP contribution is 2.24. The van der Waals surface area contributed by atoms with E-state index < -0.39 is 0 Å². The van der Waals surface area contributed by atoms with Crippen molar-refractivity contribution >= 4 is 29.3 Å². The number of piperidine rings is 1. The number of thioether (sulfide) groups is 1. The Kier molecular flexibility index (Phi) is 6.31. The number of benzene rings is 1. The molecule has 5 heteroatoms. The molecule has 0 aliphatic carbocycles. The summed E-state index contributed by atoms with van der Waals surface area (Å²) in [5.74, 6) is 0.643. The Bertz CT molecular complexity index is 516. The van der Waals surface area contributed by atoms with Crippen LogP contribution < -0.4 is 5.32 Å². The summed E-state index contributed by atoms with van der Waals surface area (Å²) in [7, 11) is 0. The van der Waals surface area contributed by atoms with Crippen molar-refractivity contribution in [2.24, 2.45) is 0 Å². The van der Waals surface area contributed by atoms with Gasteiger partial charge in [-0.2, -0.15) is 0 Å². The normalized spacial score (nSPS) is 18.1. The lowest BCUT2D eigenvalue weighted by molar-refractivity contribution is -0.132. The molecule has 22 heavy (non-hydrogen) atoms. The molecule has 1 aromatic carbocycles. The molecule has 1 aliphatic heterocycles. The van der Waals surface area contributed by atoms with Gasteiger partial charge in [0.15, 0.2) is 0 Å². The Hall–Kier alpha value is -1.49. The Balaban J connectivity index is 1.86. The highest BCUT2D eigenvalue weighted by Gasteiger charge is 2.24. The average Bonchev–Trinajstić information content (AvgIpc) is 2.53. The van der Waals surface area contributed by atoms with Crippen LogP contribution in [0.25, 0.3) is 0 Å². The first-order valence-corrected chi connectivity index (χ1v) is 8.88. The number of likely N-dealkylation sites (tertiary alicyclic amines) is 1. The minimum atomic E-state index is -0.0775. The third-order valence-corrected chi connectivity index (χ3v) is 4.95. The second-order valence-electron chi connectivity index (χ2n) is 5.64. The molecule has 1 saturated heterocycles. The first-order valence-electron chi connectivity index (χ1n) is 7.90. The van der Waals surface area contributed by atoms with Crippen LogP contribution >= 0.6 is 11.8 Å². The smallest absolute Gasteiger partial charge is 0.233 e. The molecule has 2 amide bonds. The number of nitrogens with one attached hydrogen (secondary N) is 1. The van der Waals surface area contributed by atoms with Crippen molar-refractivity contribution in [1.82, 2.24) is 4.90 Å². The van der Waals surface area contributed by atoms with Crippen molar-refractivity contribution < 1.29 is 9.59 Å². The topological polar surface area (TPSA) is 49.4 Å². The zero-order chi connectivity index (χ0) is 15.9. The van der Waals surface area contributed by atoms with Crippen LogP contribution in [0.15, 0.2) is 29.2 Å². The van der Waals surface area contributed by atoms with E-state index in [1.807, 2.05) is 24.3 Å². The number of carbonyl (C=O) groups is 2. The lowest BCUT2D eigenvalue weighted by Gasteiger charge is -2.35. The van der Waals surface area contributed by atoms with Gasteiger partial charge in [-0.3, -0.25) is 9.59 Å². The molecule has 1 atom stereocenters. The SMILES string of the molecule is CCC1CCCCN1C(=O)CSc1ccc(NC(C)=O)cc1. The Morgan fingerprint density at radius 2 is 2.00 bits per heavy atom. The molecule has 1 fully saturated rings. The van der Waals surface area contributed by atoms with Gasteiger partial charge in [0.25, 0.3) is 0 Å². The van der Waals surface area contributed by atoms with Crippen molar-refractivity contribution in [3.05, 3.63) is 24.3 Å². The maximum absolute atomic E-state index is 12.4. The van der Waals surface area contributed by atoms with Gasteiger partial charge in [0.1, 0.15) is 0 Å². The van der Waals surface area contributed by atoms with E-state index in [9.17, 15) is 9.59 Å². The maximum atomic E-state index is 12.4. The van der Waals surface area contributed by atoms with Gasteiger partial charge in [-0.1, -0.05) is 6.92 Å². The molecule has 0 spiro atoms. The standard InChI is InChI=1S/C17H24N2O2S/c1-3-15-6-4-5-11-19(15)17(21)12-22-16-9-7-14(8-10-16)18-13(2)20/h7-10,15H,3-6,11-12H2,1-2H3,(H,18,20). The molecule has 1 aliphatic rings. The molecule has 1 heterocycles. The first kappa shape index (κ1) is 16.9. The zero-order valence-electron chi connectivity index (χ0n) is 13.3. The minimum absolute atomic E-state index is 0.0775. The van der Waals surface area contributed by atoms with E-state index in [1.165, 1.54) is 13.3 Å². The van der Waals surface area contributed by atoms with Crippen molar-refractivity contribution in [2.45, 2.75) is 50.5 Å². The lowest BCUT2D eigenvalue weighted by Crippen LogP contribution is -2.44. The summed E-state index contributed by atoms with van der Waals surface area (Å²) in [6.45, 7) is 4.55. The summed E-state index contributed by atoms with van der Waals surface area (Å²) in [4.78, 5) is 26.5. The van der Waals surface area contributed by atoms with E-state index in [1.54, 1.807) is 11.8 Å². The van der Waals surface area contributed by atoms with Crippen molar-refractivity contribution in [1.29, 1.82) is 0 Å². The van der Waals surface area contributed by atoms with Gasteiger partial charge < -0.3 is 10.2 Å². The van der Waals surface area contributed by atoms with Crippen LogP contribution in [-0.4, -0.2) is 35.1 Å². The number of anilines is 1. The van der Waals surface area contributed by atoms with Gasteiger partial charge in [0.2, 0.25) is 11.8 Å². The van der Waals surface area contributed by atoms with Crippen LogP contribution in [0.1, 0.15) is 39.5 Å². The second-order valence-corrected chi connectivity index (χ2v) is 6.69. The molecule has 4 nitrogen and oxygen atoms in total. The molecule has 120 valence electrons. The van der Waals surface area contributed by atoms with Crippen LogP contribution in [0.5, 0.6) is 0 Å². The van der Waals surface area contributed by atoms with Gasteiger partial charge in [-0.05, 0) is 49.9 Å². The molecule has 0 radical (unpaired) electrons. The van der Waals surface area contributed by atoms with Crippen LogP contribution in [0.3, 0.4) is 0 Å². The van der Waals surface area contributed by atoms with Gasteiger partial charge >= 0.3 is 0 Å². The fourth-order valence-electron chi connectivity index (χ4n) is 2.82. The van der Waals surface area contributed by atoms with E-state index >= 15 is 0 Å². The number of nitrogens with zero attached hydrogens (tertiary/aromatic N) is 1. The summed E-state index contributed by atoms with van der Waals surface area (Å²) in [5, 5.41) is 2.74. The highest BCUT2D eigenvalue weighted by atomic mass is 32.2. The van der Waals surface area contributed by atoms with E-state index in [0.29, 0.717) is 11.8 Å². The average molecular weight is 320 g/mol. The predicted octanol–water partition coefficient (Wildman–Crippen LogP) is 3.53. The molecule has 0 aromatic heterocycles. The van der Waals surface area contributed by atoms with Crippen LogP contribution in [0, 0.1) is 0 Å². The van der Waals surface area contributed by atoms with Gasteiger partial charge in [-0.15, -0.1) is 11.8 Å². The van der Waals surface area contributed by atoms with Gasteiger partial charge in [0, 0.05) is 30.1 Å². The minimum Gasteiger partial charge on any atom is -0.339 e. The molecule has 0 bridgehead atoms. The lowest BCUT2D eigenvalue weighted by atomic mass is 10.0. The quantitative estimate of drug-likeness (QED) is 0.844. The molecule has 1 unspecified atom stereocenters. The molecular formula is C17H24N2O2S. The summed E-state index contributed by atoms with van der Waals surface area (Å²) in [6.07, 6.45) is 4.54. The first-order chi connectivity index (χ1) is 10.6. The van der Waals surface area contributed by atoms with Gasteiger partial charge in [-0.25, -0.2) is 0 Å². The third-order valence-electron chi connectivity index (χ3n) is 3.96. The third kappa shape index (κ3) is 4.77. The van der Waals surface area contributed by atoms with Crippen molar-refractivity contribution in [3.8, 4) is 0 Å². The summed E-state index contributed by atoms with van der Waals surface area (Å²) in [6, 6.07) is 8.03. The molecular weight excluding hydrogens is 296 g/mol. The highest BCUT2D eigenvalue weighted by molar-refractivity contribution is 8.00. The van der Waals surface area contributed by atoms with Crippen molar-refractivity contribution in [3.63, 3.8) is 0 Å². The number of carbonyl (C=O) groups excluding carboxylic acids is 2. The number of hydrogen-bond acceptors (Lipinski definition) is 3. The number of amides is 2. The maximum Gasteiger partial charge on any atom is 0.233 e. The predicted molar refractivity (Wildman–Crippen MR) is 91.1 cm³/mol. The number of hydrogen-bond donors (Lipinski definition) is 1. The Labute approximate surface area is 136 Å². The summed E-state index contributed by atoms with van der Waals surface area (Å²) < 4.78 is 0. The number of rotatable bonds is 5. The summed E-state index contributed by atoms with van der Waals surface area (Å²) in [5.41, 5.74) is 0.783. The molecule has 1 aromatic rings. The van der Waals surface area contributed by atoms with Crippen LogP contribution in [-0.2, 0) is 9.59 Å². The monoisotopic (exact) mass is 320 g/mol. The fraction of sp³-hybridized carbons (Fsp3) is 0.529. The van der Waals surface area contributed by atoms with E-state index in [2.05, 4.69) is 17.1 Å². The zero-order valence-corrected chi connectivity index (χ0v) is 14.1. The molecule has 0 saturated carbocycles. The van der Waals surface area contributed by atoms with E-state index in [-0.39, 0.29) is 11.8 Å². The second kappa shape index (κ2) is 8.22. The van der Waals surface area contributed by atoms with E-state index in [4.69, 9.17) is 0 Å². The fourth-order valence-corrected chi connectivity index (χ4v) is 3.60. The van der Waals surface area contributed by atoms with Crippen LogP contribution in [0.2, 0.25) is 0 Å². The molecule has 2 rings (SSSR count). The van der Waals surface area contributed by atoms with E-state index in [0.717, 1.165) is 36.4 Å². The summed E-state index contributed by atoms with van der Waals surface area (Å²) >= 11 is 1.56. The Morgan fingerprint density at radius 1 is 1.27 bits per heavy atom.